The van der Waals surface area contributed by atoms with Gasteiger partial charge in [0.2, 0.25) is 0 Å². The van der Waals surface area contributed by atoms with Gasteiger partial charge in [-0.05, 0) is 6.92 Å². The summed E-state index contributed by atoms with van der Waals surface area (Å²) in [5.41, 5.74) is 0. The number of carbonyl (C=O) groups excluding carboxylic acids is 1. The van der Waals surface area contributed by atoms with Gasteiger partial charge in [-0.15, -0.1) is 0 Å². The predicted octanol–water partition coefficient (Wildman–Crippen LogP) is -1.03. The molecule has 2 atom stereocenters. The molecular weight excluding hydrogens is 210 g/mol. The minimum atomic E-state index is -0.417. The first-order valence-corrected chi connectivity index (χ1v) is 5.25. The van der Waals surface area contributed by atoms with Gasteiger partial charge in [0.1, 0.15) is 18.3 Å². The monoisotopic (exact) mass is 225 g/mol. The highest BCUT2D eigenvalue weighted by Crippen LogP contribution is 2.05. The number of aromatic amines is 1. The van der Waals surface area contributed by atoms with Gasteiger partial charge in [0, 0.05) is 13.1 Å². The topological polar surface area (TPSA) is 91.9 Å². The molecule has 1 aromatic rings. The molecule has 1 fully saturated rings. The van der Waals surface area contributed by atoms with Crippen molar-refractivity contribution in [2.24, 2.45) is 0 Å². The molecule has 1 amide bonds. The van der Waals surface area contributed by atoms with Gasteiger partial charge in [0.05, 0.1) is 12.6 Å². The molecule has 16 heavy (non-hydrogen) atoms. The van der Waals surface area contributed by atoms with Gasteiger partial charge in [-0.1, -0.05) is 0 Å². The summed E-state index contributed by atoms with van der Waals surface area (Å²) in [6.07, 6.45) is 0.996. The van der Waals surface area contributed by atoms with Gasteiger partial charge in [0.15, 0.2) is 0 Å². The zero-order chi connectivity index (χ0) is 11.4. The zero-order valence-electron chi connectivity index (χ0n) is 9.06. The van der Waals surface area contributed by atoms with Crippen LogP contribution in [0.25, 0.3) is 0 Å². The van der Waals surface area contributed by atoms with Crippen LogP contribution in [0.1, 0.15) is 18.8 Å². The van der Waals surface area contributed by atoms with E-state index in [4.69, 9.17) is 4.74 Å². The van der Waals surface area contributed by atoms with Crippen molar-refractivity contribution in [2.75, 3.05) is 19.7 Å². The maximum atomic E-state index is 11.8. The summed E-state index contributed by atoms with van der Waals surface area (Å²) in [4.78, 5) is 15.7. The highest BCUT2D eigenvalue weighted by atomic mass is 16.5. The Hall–Kier alpha value is -1.47. The fraction of sp³-hybridized carbons (Fsp3) is 0.667. The molecule has 2 heterocycles. The lowest BCUT2D eigenvalue weighted by atomic mass is 10.2. The minimum Gasteiger partial charge on any atom is -0.366 e. The molecular formula is C9H15N5O2. The summed E-state index contributed by atoms with van der Waals surface area (Å²) in [6.45, 7) is 3.75. The van der Waals surface area contributed by atoms with Crippen LogP contribution in [-0.4, -0.2) is 46.9 Å². The number of nitrogens with zero attached hydrogens (tertiary/aromatic N) is 2. The molecule has 0 radical (unpaired) electrons. The van der Waals surface area contributed by atoms with E-state index in [0.717, 1.165) is 6.54 Å². The van der Waals surface area contributed by atoms with Crippen LogP contribution in [0.3, 0.4) is 0 Å². The van der Waals surface area contributed by atoms with E-state index in [1.54, 1.807) is 0 Å². The third kappa shape index (κ3) is 2.56. The summed E-state index contributed by atoms with van der Waals surface area (Å²) >= 11 is 0. The molecule has 3 N–H and O–H groups in total. The van der Waals surface area contributed by atoms with E-state index in [1.165, 1.54) is 6.33 Å². The van der Waals surface area contributed by atoms with E-state index in [-0.39, 0.29) is 11.9 Å². The Morgan fingerprint density at radius 2 is 2.62 bits per heavy atom. The molecule has 2 unspecified atom stereocenters. The number of carbonyl (C=O) groups is 1. The summed E-state index contributed by atoms with van der Waals surface area (Å²) in [5, 5.41) is 12.4. The number of nitrogens with one attached hydrogen (secondary N) is 3. The van der Waals surface area contributed by atoms with Crippen molar-refractivity contribution >= 4 is 5.91 Å². The number of H-pyrrole nitrogens is 1. The first kappa shape index (κ1) is 11.0. The average Bonchev–Trinajstić information content (AvgIpc) is 2.83. The van der Waals surface area contributed by atoms with Gasteiger partial charge in [-0.3, -0.25) is 9.89 Å². The van der Waals surface area contributed by atoms with Crippen molar-refractivity contribution in [2.45, 2.75) is 19.1 Å². The SMILES string of the molecule is CC(NC(=O)C1CNCCO1)c1ncn[nH]1. The zero-order valence-corrected chi connectivity index (χ0v) is 9.06. The van der Waals surface area contributed by atoms with Crippen LogP contribution >= 0.6 is 0 Å². The van der Waals surface area contributed by atoms with Crippen molar-refractivity contribution < 1.29 is 9.53 Å². The molecule has 7 heteroatoms. The van der Waals surface area contributed by atoms with Gasteiger partial charge in [-0.2, -0.15) is 5.10 Å². The van der Waals surface area contributed by atoms with Crippen LogP contribution in [-0.2, 0) is 9.53 Å². The number of rotatable bonds is 3. The fourth-order valence-corrected chi connectivity index (χ4v) is 1.53. The van der Waals surface area contributed by atoms with E-state index in [2.05, 4.69) is 25.8 Å². The van der Waals surface area contributed by atoms with Crippen LogP contribution in [0.5, 0.6) is 0 Å². The second-order valence-corrected chi connectivity index (χ2v) is 3.66. The molecule has 0 spiro atoms. The largest absolute Gasteiger partial charge is 0.366 e. The molecule has 1 aromatic heterocycles. The van der Waals surface area contributed by atoms with Crippen molar-refractivity contribution in [3.8, 4) is 0 Å². The van der Waals surface area contributed by atoms with Crippen LogP contribution in [0, 0.1) is 0 Å². The third-order valence-electron chi connectivity index (χ3n) is 2.42. The van der Waals surface area contributed by atoms with Gasteiger partial charge >= 0.3 is 0 Å². The van der Waals surface area contributed by atoms with Crippen LogP contribution in [0.4, 0.5) is 0 Å². The molecule has 1 aliphatic rings. The Morgan fingerprint density at radius 1 is 1.75 bits per heavy atom. The molecule has 0 bridgehead atoms. The second kappa shape index (κ2) is 5.04. The summed E-state index contributed by atoms with van der Waals surface area (Å²) in [6, 6.07) is -0.194. The van der Waals surface area contributed by atoms with Crippen molar-refractivity contribution in [3.63, 3.8) is 0 Å². The second-order valence-electron chi connectivity index (χ2n) is 3.66. The molecule has 7 nitrogen and oxygen atoms in total. The highest BCUT2D eigenvalue weighted by Gasteiger charge is 2.23. The molecule has 0 aliphatic carbocycles. The minimum absolute atomic E-state index is 0.129. The smallest absolute Gasteiger partial charge is 0.251 e. The number of morpholine rings is 1. The molecule has 0 saturated carbocycles. The predicted molar refractivity (Wildman–Crippen MR) is 55.6 cm³/mol. The first-order valence-electron chi connectivity index (χ1n) is 5.25. The highest BCUT2D eigenvalue weighted by molar-refractivity contribution is 5.81. The molecule has 88 valence electrons. The Morgan fingerprint density at radius 3 is 3.25 bits per heavy atom. The molecule has 1 aliphatic heterocycles. The lowest BCUT2D eigenvalue weighted by Crippen LogP contribution is -2.48. The van der Waals surface area contributed by atoms with E-state index in [0.29, 0.717) is 19.0 Å². The summed E-state index contributed by atoms with van der Waals surface area (Å²) in [5.74, 6) is 0.508. The Labute approximate surface area is 93.0 Å². The van der Waals surface area contributed by atoms with Gasteiger partial charge < -0.3 is 15.4 Å². The third-order valence-corrected chi connectivity index (χ3v) is 2.42. The fourth-order valence-electron chi connectivity index (χ4n) is 1.53. The normalized spacial score (nSPS) is 22.7. The Balaban J connectivity index is 1.86. The Kier molecular flexibility index (Phi) is 3.47. The number of ether oxygens (including phenoxy) is 1. The molecule has 2 rings (SSSR count). The molecule has 0 aromatic carbocycles. The van der Waals surface area contributed by atoms with Crippen LogP contribution in [0.2, 0.25) is 0 Å². The number of hydrogen-bond donors (Lipinski definition) is 3. The van der Waals surface area contributed by atoms with Crippen molar-refractivity contribution in [1.29, 1.82) is 0 Å². The van der Waals surface area contributed by atoms with Crippen molar-refractivity contribution in [3.05, 3.63) is 12.2 Å². The lowest BCUT2D eigenvalue weighted by Gasteiger charge is -2.23. The van der Waals surface area contributed by atoms with Crippen LogP contribution < -0.4 is 10.6 Å². The van der Waals surface area contributed by atoms with E-state index >= 15 is 0 Å². The molecule has 1 saturated heterocycles. The average molecular weight is 225 g/mol. The van der Waals surface area contributed by atoms with E-state index < -0.39 is 6.10 Å². The number of amides is 1. The first-order chi connectivity index (χ1) is 7.77. The standard InChI is InChI=1S/C9H15N5O2/c1-6(8-11-5-12-14-8)13-9(15)7-4-10-2-3-16-7/h5-7,10H,2-4H2,1H3,(H,13,15)(H,11,12,14). The maximum absolute atomic E-state index is 11.8. The number of aromatic nitrogens is 3. The van der Waals surface area contributed by atoms with E-state index in [1.807, 2.05) is 6.92 Å². The van der Waals surface area contributed by atoms with Crippen molar-refractivity contribution in [1.82, 2.24) is 25.8 Å². The van der Waals surface area contributed by atoms with Gasteiger partial charge in [0.25, 0.3) is 5.91 Å². The lowest BCUT2D eigenvalue weighted by molar-refractivity contribution is -0.134. The summed E-state index contributed by atoms with van der Waals surface area (Å²) < 4.78 is 5.34. The van der Waals surface area contributed by atoms with Gasteiger partial charge in [-0.25, -0.2) is 4.98 Å². The summed E-state index contributed by atoms with van der Waals surface area (Å²) in [7, 11) is 0. The quantitative estimate of drug-likeness (QED) is 0.612. The Bertz CT molecular complexity index is 334. The van der Waals surface area contributed by atoms with E-state index in [9.17, 15) is 4.79 Å². The number of hydrogen-bond acceptors (Lipinski definition) is 5. The van der Waals surface area contributed by atoms with Crippen LogP contribution in [0.15, 0.2) is 6.33 Å². The maximum Gasteiger partial charge on any atom is 0.251 e.